The van der Waals surface area contributed by atoms with Crippen molar-refractivity contribution in [2.45, 2.75) is 0 Å². The zero-order chi connectivity index (χ0) is 12.3. The molecule has 0 atom stereocenters. The Bertz CT molecular complexity index is 517. The van der Waals surface area contributed by atoms with Crippen LogP contribution in [0.4, 0.5) is 5.69 Å². The number of benzene rings is 1. The maximum absolute atomic E-state index is 11.8. The van der Waals surface area contributed by atoms with Crippen LogP contribution in [0.25, 0.3) is 0 Å². The van der Waals surface area contributed by atoms with Gasteiger partial charge >= 0.3 is 0 Å². The number of carbonyl (C=O) groups excluding carboxylic acids is 1. The van der Waals surface area contributed by atoms with Crippen LogP contribution in [0.15, 0.2) is 29.3 Å². The number of ketones is 1. The molecule has 0 amide bonds. The van der Waals surface area contributed by atoms with Crippen molar-refractivity contribution >= 4 is 23.9 Å². The molecule has 0 aliphatic carbocycles. The molecule has 17 heavy (non-hydrogen) atoms. The van der Waals surface area contributed by atoms with E-state index in [1.165, 1.54) is 24.3 Å². The molecule has 0 N–H and O–H groups in total. The number of non-ortho nitro benzene ring substituents is 1. The van der Waals surface area contributed by atoms with Crippen LogP contribution >= 0.6 is 0 Å². The first-order chi connectivity index (χ1) is 8.16. The first-order valence-electron chi connectivity index (χ1n) is 5.02. The Morgan fingerprint density at radius 3 is 2.65 bits per heavy atom. The summed E-state index contributed by atoms with van der Waals surface area (Å²) < 4.78 is 1.77. The molecule has 0 unspecified atom stereocenters. The molecule has 0 saturated heterocycles. The molecule has 1 aliphatic rings. The fourth-order valence-corrected chi connectivity index (χ4v) is 1.49. The summed E-state index contributed by atoms with van der Waals surface area (Å²) in [5, 5.41) is 10.5. The van der Waals surface area contributed by atoms with Gasteiger partial charge in [-0.05, 0) is 12.1 Å². The molecule has 86 valence electrons. The summed E-state index contributed by atoms with van der Waals surface area (Å²) in [6.45, 7) is 0.719. The van der Waals surface area contributed by atoms with Crippen LogP contribution in [0.3, 0.4) is 0 Å². The van der Waals surface area contributed by atoms with E-state index in [1.807, 2.05) is 0 Å². The number of carbonyl (C=O) groups is 1. The van der Waals surface area contributed by atoms with Gasteiger partial charge in [-0.3, -0.25) is 14.9 Å². The van der Waals surface area contributed by atoms with Crippen LogP contribution in [0.1, 0.15) is 10.4 Å². The molecule has 6 heteroatoms. The normalized spacial score (nSPS) is 13.5. The second kappa shape index (κ2) is 4.65. The van der Waals surface area contributed by atoms with Crippen molar-refractivity contribution in [3.63, 3.8) is 0 Å². The third-order valence-corrected chi connectivity index (χ3v) is 2.39. The zero-order valence-corrected chi connectivity index (χ0v) is 8.94. The van der Waals surface area contributed by atoms with E-state index in [2.05, 4.69) is 4.99 Å². The minimum atomic E-state index is -0.490. The molecule has 0 fully saturated rings. The zero-order valence-electron chi connectivity index (χ0n) is 8.94. The Morgan fingerprint density at radius 2 is 2.12 bits per heavy atom. The second-order valence-electron chi connectivity index (χ2n) is 3.60. The highest BCUT2D eigenvalue weighted by Crippen LogP contribution is 2.12. The van der Waals surface area contributed by atoms with E-state index in [4.69, 9.17) is 0 Å². The SMILES string of the molecule is O=C(C[N+]1=CC=NC1)c1ccc([N+](=O)[O-])cc1. The maximum atomic E-state index is 11.8. The predicted octanol–water partition coefficient (Wildman–Crippen LogP) is 0.903. The minimum Gasteiger partial charge on any atom is -0.287 e. The molecule has 0 saturated carbocycles. The van der Waals surface area contributed by atoms with Crippen molar-refractivity contribution in [1.82, 2.24) is 0 Å². The van der Waals surface area contributed by atoms with Gasteiger partial charge in [0.25, 0.3) is 5.69 Å². The topological polar surface area (TPSA) is 75.6 Å². The monoisotopic (exact) mass is 232 g/mol. The lowest BCUT2D eigenvalue weighted by Crippen LogP contribution is -2.19. The van der Waals surface area contributed by atoms with Gasteiger partial charge in [0.2, 0.25) is 19.0 Å². The highest BCUT2D eigenvalue weighted by atomic mass is 16.6. The summed E-state index contributed by atoms with van der Waals surface area (Å²) in [4.78, 5) is 25.7. The van der Waals surface area contributed by atoms with Gasteiger partial charge in [0, 0.05) is 17.7 Å². The third-order valence-electron chi connectivity index (χ3n) is 2.39. The maximum Gasteiger partial charge on any atom is 0.269 e. The summed E-state index contributed by atoms with van der Waals surface area (Å²) in [5.74, 6) is -0.0818. The second-order valence-corrected chi connectivity index (χ2v) is 3.60. The summed E-state index contributed by atoms with van der Waals surface area (Å²) >= 11 is 0. The lowest BCUT2D eigenvalue weighted by atomic mass is 10.1. The molecule has 1 aliphatic heterocycles. The molecular weight excluding hydrogens is 222 g/mol. The third kappa shape index (κ3) is 2.60. The largest absolute Gasteiger partial charge is 0.287 e. The van der Waals surface area contributed by atoms with Gasteiger partial charge in [0.05, 0.1) is 11.1 Å². The minimum absolute atomic E-state index is 0.0161. The van der Waals surface area contributed by atoms with E-state index in [0.29, 0.717) is 12.2 Å². The first-order valence-corrected chi connectivity index (χ1v) is 5.02. The summed E-state index contributed by atoms with van der Waals surface area (Å²) in [7, 11) is 0. The number of hydrogen-bond acceptors (Lipinski definition) is 4. The number of Topliss-reactive ketones (excluding diaryl/α,β-unsaturated/α-hetero) is 1. The highest BCUT2D eigenvalue weighted by Gasteiger charge is 2.16. The van der Waals surface area contributed by atoms with E-state index in [0.717, 1.165) is 0 Å². The van der Waals surface area contributed by atoms with Crippen LogP contribution < -0.4 is 0 Å². The van der Waals surface area contributed by atoms with E-state index in [1.54, 1.807) is 17.0 Å². The first kappa shape index (κ1) is 11.1. The smallest absolute Gasteiger partial charge is 0.269 e. The summed E-state index contributed by atoms with van der Waals surface area (Å²) in [5.41, 5.74) is 0.452. The number of hydrogen-bond donors (Lipinski definition) is 0. The average Bonchev–Trinajstić information content (AvgIpc) is 2.82. The molecule has 0 aromatic heterocycles. The fraction of sp³-hybridized carbons (Fsp3) is 0.182. The fourth-order valence-electron chi connectivity index (χ4n) is 1.49. The summed E-state index contributed by atoms with van der Waals surface area (Å²) in [6, 6.07) is 5.60. The number of nitro groups is 1. The Labute approximate surface area is 97.1 Å². The van der Waals surface area contributed by atoms with Crippen LogP contribution in [-0.4, -0.2) is 40.9 Å². The molecule has 6 nitrogen and oxygen atoms in total. The van der Waals surface area contributed by atoms with Crippen molar-refractivity contribution in [2.24, 2.45) is 4.99 Å². The molecular formula is C11H10N3O3+. The molecule has 1 heterocycles. The van der Waals surface area contributed by atoms with Crippen molar-refractivity contribution in [2.75, 3.05) is 13.2 Å². The van der Waals surface area contributed by atoms with E-state index >= 15 is 0 Å². The molecule has 1 aromatic carbocycles. The van der Waals surface area contributed by atoms with Crippen molar-refractivity contribution in [3.05, 3.63) is 39.9 Å². The van der Waals surface area contributed by atoms with Crippen molar-refractivity contribution < 1.29 is 14.3 Å². The predicted molar refractivity (Wildman–Crippen MR) is 62.0 cm³/mol. The molecule has 0 spiro atoms. The van der Waals surface area contributed by atoms with Gasteiger partial charge in [-0.25, -0.2) is 9.57 Å². The standard InChI is InChI=1S/C11H10N3O3/c15-11(7-13-6-5-12-8-13)9-1-3-10(4-2-9)14(16)17/h1-6H,7-8H2/q+1. The summed E-state index contributed by atoms with van der Waals surface area (Å²) in [6.07, 6.45) is 3.38. The number of nitrogens with zero attached hydrogens (tertiary/aromatic N) is 3. The number of nitro benzene ring substituents is 1. The van der Waals surface area contributed by atoms with E-state index in [-0.39, 0.29) is 18.0 Å². The Balaban J connectivity index is 2.06. The Kier molecular flexibility index (Phi) is 3.04. The van der Waals surface area contributed by atoms with Gasteiger partial charge in [0.15, 0.2) is 6.21 Å². The van der Waals surface area contributed by atoms with Gasteiger partial charge < -0.3 is 0 Å². The van der Waals surface area contributed by atoms with Crippen LogP contribution in [0, 0.1) is 10.1 Å². The van der Waals surface area contributed by atoms with E-state index < -0.39 is 4.92 Å². The van der Waals surface area contributed by atoms with Gasteiger partial charge in [-0.2, -0.15) is 0 Å². The van der Waals surface area contributed by atoms with Crippen LogP contribution in [0.5, 0.6) is 0 Å². The van der Waals surface area contributed by atoms with E-state index in [9.17, 15) is 14.9 Å². The Hall–Kier alpha value is -2.37. The van der Waals surface area contributed by atoms with Crippen molar-refractivity contribution in [1.29, 1.82) is 0 Å². The van der Waals surface area contributed by atoms with Gasteiger partial charge in [-0.15, -0.1) is 0 Å². The highest BCUT2D eigenvalue weighted by molar-refractivity contribution is 6.14. The number of rotatable bonds is 4. The van der Waals surface area contributed by atoms with Crippen molar-refractivity contribution in [3.8, 4) is 0 Å². The van der Waals surface area contributed by atoms with Gasteiger partial charge in [-0.1, -0.05) is 0 Å². The van der Waals surface area contributed by atoms with Crippen LogP contribution in [0.2, 0.25) is 0 Å². The molecule has 1 aromatic rings. The average molecular weight is 232 g/mol. The molecule has 2 rings (SSSR count). The quantitative estimate of drug-likeness (QED) is 0.335. The van der Waals surface area contributed by atoms with Crippen LogP contribution in [-0.2, 0) is 0 Å². The lowest BCUT2D eigenvalue weighted by molar-refractivity contribution is -0.503. The van der Waals surface area contributed by atoms with Gasteiger partial charge in [0.1, 0.15) is 0 Å². The Morgan fingerprint density at radius 1 is 1.41 bits per heavy atom. The number of aliphatic imine (C=N–C) groups is 1. The lowest BCUT2D eigenvalue weighted by Gasteiger charge is -1.98. The molecule has 0 radical (unpaired) electrons. The molecule has 0 bridgehead atoms.